The Balaban J connectivity index is 2.69. The van der Waals surface area contributed by atoms with E-state index in [0.29, 0.717) is 0 Å². The summed E-state index contributed by atoms with van der Waals surface area (Å²) in [6, 6.07) is 10.1. The van der Waals surface area contributed by atoms with E-state index in [4.69, 9.17) is 5.26 Å². The second kappa shape index (κ2) is 4.73. The molecule has 2 rings (SSSR count). The molecule has 5 heteroatoms. The first-order valence-electron chi connectivity index (χ1n) is 5.29. The molecule has 0 radical (unpaired) electrons. The predicted octanol–water partition coefficient (Wildman–Crippen LogP) is 4.38. The molecule has 0 saturated heterocycles. The molecular formula is C14H7F4N. The van der Waals surface area contributed by atoms with Crippen LogP contribution in [0, 0.1) is 17.1 Å². The van der Waals surface area contributed by atoms with Gasteiger partial charge in [-0.25, -0.2) is 4.39 Å². The molecule has 0 amide bonds. The maximum Gasteiger partial charge on any atom is 0.417 e. The van der Waals surface area contributed by atoms with E-state index in [0.717, 1.165) is 12.1 Å². The first-order valence-corrected chi connectivity index (χ1v) is 5.29. The number of nitriles is 1. The molecule has 0 fully saturated rings. The van der Waals surface area contributed by atoms with Gasteiger partial charge in [0, 0.05) is 5.56 Å². The Morgan fingerprint density at radius 1 is 1.00 bits per heavy atom. The summed E-state index contributed by atoms with van der Waals surface area (Å²) >= 11 is 0. The van der Waals surface area contributed by atoms with Crippen molar-refractivity contribution in [3.8, 4) is 17.2 Å². The minimum absolute atomic E-state index is 0.0665. The topological polar surface area (TPSA) is 23.8 Å². The number of rotatable bonds is 1. The highest BCUT2D eigenvalue weighted by Gasteiger charge is 2.34. The van der Waals surface area contributed by atoms with Crippen molar-refractivity contribution in [2.24, 2.45) is 0 Å². The van der Waals surface area contributed by atoms with Crippen molar-refractivity contribution in [1.29, 1.82) is 5.26 Å². The lowest BCUT2D eigenvalue weighted by Gasteiger charge is -2.12. The Kier molecular flexibility index (Phi) is 3.26. The van der Waals surface area contributed by atoms with E-state index in [9.17, 15) is 17.6 Å². The van der Waals surface area contributed by atoms with Crippen LogP contribution in [0.1, 0.15) is 11.1 Å². The van der Waals surface area contributed by atoms with Crippen LogP contribution < -0.4 is 0 Å². The first kappa shape index (κ1) is 13.1. The number of nitrogens with zero attached hydrogens (tertiary/aromatic N) is 1. The molecule has 0 bridgehead atoms. The molecule has 19 heavy (non-hydrogen) atoms. The summed E-state index contributed by atoms with van der Waals surface area (Å²) in [7, 11) is 0. The third kappa shape index (κ3) is 2.58. The minimum atomic E-state index is -4.62. The molecule has 0 aliphatic carbocycles. The lowest BCUT2D eigenvalue weighted by Crippen LogP contribution is -2.08. The molecule has 0 unspecified atom stereocenters. The normalized spacial score (nSPS) is 11.1. The van der Waals surface area contributed by atoms with Gasteiger partial charge in [-0.15, -0.1) is 0 Å². The molecule has 2 aromatic rings. The van der Waals surface area contributed by atoms with Crippen molar-refractivity contribution in [1.82, 2.24) is 0 Å². The molecule has 96 valence electrons. The molecule has 0 atom stereocenters. The van der Waals surface area contributed by atoms with Gasteiger partial charge in [-0.3, -0.25) is 0 Å². The zero-order valence-electron chi connectivity index (χ0n) is 9.50. The molecule has 0 aliphatic heterocycles. The average molecular weight is 265 g/mol. The van der Waals surface area contributed by atoms with Gasteiger partial charge in [0.05, 0.1) is 11.1 Å². The van der Waals surface area contributed by atoms with E-state index in [-0.39, 0.29) is 11.1 Å². The van der Waals surface area contributed by atoms with Gasteiger partial charge in [0.2, 0.25) is 0 Å². The highest BCUT2D eigenvalue weighted by Crippen LogP contribution is 2.36. The second-order valence-electron chi connectivity index (χ2n) is 3.85. The summed E-state index contributed by atoms with van der Waals surface area (Å²) in [6.45, 7) is 0. The Morgan fingerprint density at radius 2 is 1.68 bits per heavy atom. The zero-order valence-corrected chi connectivity index (χ0v) is 9.50. The van der Waals surface area contributed by atoms with Gasteiger partial charge < -0.3 is 0 Å². The fourth-order valence-corrected chi connectivity index (χ4v) is 1.81. The highest BCUT2D eigenvalue weighted by molar-refractivity contribution is 5.72. The number of hydrogen-bond acceptors (Lipinski definition) is 1. The Bertz CT molecular complexity index is 653. The van der Waals surface area contributed by atoms with Gasteiger partial charge in [-0.2, -0.15) is 18.4 Å². The van der Waals surface area contributed by atoms with Crippen molar-refractivity contribution in [3.63, 3.8) is 0 Å². The van der Waals surface area contributed by atoms with E-state index < -0.39 is 23.1 Å². The number of hydrogen-bond donors (Lipinski definition) is 0. The first-order chi connectivity index (χ1) is 8.93. The van der Waals surface area contributed by atoms with Gasteiger partial charge in [0.15, 0.2) is 0 Å². The Hall–Kier alpha value is -2.35. The average Bonchev–Trinajstić information content (AvgIpc) is 2.36. The van der Waals surface area contributed by atoms with E-state index in [1.807, 2.05) is 0 Å². The monoisotopic (exact) mass is 265 g/mol. The van der Waals surface area contributed by atoms with Crippen LogP contribution in [0.5, 0.6) is 0 Å². The fraction of sp³-hybridized carbons (Fsp3) is 0.0714. The fourth-order valence-electron chi connectivity index (χ4n) is 1.81. The summed E-state index contributed by atoms with van der Waals surface area (Å²) < 4.78 is 51.5. The van der Waals surface area contributed by atoms with Gasteiger partial charge in [0.1, 0.15) is 11.9 Å². The minimum Gasteiger partial charge on any atom is -0.207 e. The second-order valence-corrected chi connectivity index (χ2v) is 3.85. The molecule has 0 N–H and O–H groups in total. The molecule has 1 nitrogen and oxygen atoms in total. The van der Waals surface area contributed by atoms with Crippen LogP contribution in [0.2, 0.25) is 0 Å². The van der Waals surface area contributed by atoms with Crippen LogP contribution >= 0.6 is 0 Å². The highest BCUT2D eigenvalue weighted by atomic mass is 19.4. The van der Waals surface area contributed by atoms with Gasteiger partial charge in [-0.05, 0) is 23.8 Å². The molecule has 0 aromatic heterocycles. The molecule has 2 aromatic carbocycles. The van der Waals surface area contributed by atoms with Crippen molar-refractivity contribution >= 4 is 0 Å². The van der Waals surface area contributed by atoms with Gasteiger partial charge in [0.25, 0.3) is 0 Å². The van der Waals surface area contributed by atoms with E-state index in [1.165, 1.54) is 30.3 Å². The van der Waals surface area contributed by atoms with Crippen molar-refractivity contribution < 1.29 is 17.6 Å². The Morgan fingerprint density at radius 3 is 2.26 bits per heavy atom. The van der Waals surface area contributed by atoms with Crippen molar-refractivity contribution in [3.05, 3.63) is 59.4 Å². The van der Waals surface area contributed by atoms with E-state index >= 15 is 0 Å². The predicted molar refractivity (Wildman–Crippen MR) is 61.6 cm³/mol. The quantitative estimate of drug-likeness (QED) is 0.702. The largest absolute Gasteiger partial charge is 0.417 e. The third-order valence-electron chi connectivity index (χ3n) is 2.62. The maximum absolute atomic E-state index is 13.1. The van der Waals surface area contributed by atoms with Crippen LogP contribution in [-0.4, -0.2) is 0 Å². The summed E-state index contributed by atoms with van der Waals surface area (Å²) in [5, 5.41) is 8.95. The lowest BCUT2D eigenvalue weighted by atomic mass is 9.96. The SMILES string of the molecule is N#Cc1c(-c2cccc(F)c2)cccc1C(F)(F)F. The molecule has 0 heterocycles. The molecule has 0 aliphatic rings. The van der Waals surface area contributed by atoms with Crippen LogP contribution in [0.3, 0.4) is 0 Å². The van der Waals surface area contributed by atoms with Gasteiger partial charge >= 0.3 is 6.18 Å². The third-order valence-corrected chi connectivity index (χ3v) is 2.62. The Labute approximate surface area is 106 Å². The summed E-state index contributed by atoms with van der Waals surface area (Å²) in [4.78, 5) is 0. The van der Waals surface area contributed by atoms with Crippen LogP contribution in [0.15, 0.2) is 42.5 Å². The van der Waals surface area contributed by atoms with E-state index in [2.05, 4.69) is 0 Å². The van der Waals surface area contributed by atoms with Crippen LogP contribution in [0.4, 0.5) is 17.6 Å². The molecule has 0 spiro atoms. The van der Waals surface area contributed by atoms with Crippen molar-refractivity contribution in [2.45, 2.75) is 6.18 Å². The molecular weight excluding hydrogens is 258 g/mol. The van der Waals surface area contributed by atoms with Crippen molar-refractivity contribution in [2.75, 3.05) is 0 Å². The zero-order chi connectivity index (χ0) is 14.0. The lowest BCUT2D eigenvalue weighted by molar-refractivity contribution is -0.137. The number of alkyl halides is 3. The standard InChI is InChI=1S/C14H7F4N/c15-10-4-1-3-9(7-10)11-5-2-6-13(12(11)8-19)14(16,17)18/h1-7H. The molecule has 0 saturated carbocycles. The summed E-state index contributed by atoms with van der Waals surface area (Å²) in [5.41, 5.74) is -1.21. The summed E-state index contributed by atoms with van der Waals surface area (Å²) in [6.07, 6.45) is -4.62. The van der Waals surface area contributed by atoms with Crippen LogP contribution in [0.25, 0.3) is 11.1 Å². The smallest absolute Gasteiger partial charge is 0.207 e. The summed E-state index contributed by atoms with van der Waals surface area (Å²) in [5.74, 6) is -0.571. The van der Waals surface area contributed by atoms with Crippen LogP contribution in [-0.2, 0) is 6.18 Å². The van der Waals surface area contributed by atoms with E-state index in [1.54, 1.807) is 6.07 Å². The number of halogens is 4. The number of benzene rings is 2. The van der Waals surface area contributed by atoms with Gasteiger partial charge in [-0.1, -0.05) is 24.3 Å². The maximum atomic E-state index is 13.1.